The van der Waals surface area contributed by atoms with Crippen molar-refractivity contribution in [2.24, 2.45) is 0 Å². The quantitative estimate of drug-likeness (QED) is 0.644. The van der Waals surface area contributed by atoms with Crippen molar-refractivity contribution in [2.75, 3.05) is 25.0 Å². The SMILES string of the molecule is C#CCN1CCC(Nc2ccc(I)cc2Cl)CC1. The highest BCUT2D eigenvalue weighted by molar-refractivity contribution is 14.1. The highest BCUT2D eigenvalue weighted by atomic mass is 127. The van der Waals surface area contributed by atoms with E-state index in [9.17, 15) is 0 Å². The van der Waals surface area contributed by atoms with Crippen LogP contribution in [0.25, 0.3) is 0 Å². The first kappa shape index (κ1) is 14.0. The summed E-state index contributed by atoms with van der Waals surface area (Å²) in [5, 5.41) is 4.32. The van der Waals surface area contributed by atoms with Gasteiger partial charge in [-0.25, -0.2) is 0 Å². The van der Waals surface area contributed by atoms with Crippen LogP contribution >= 0.6 is 34.2 Å². The van der Waals surface area contributed by atoms with E-state index in [4.69, 9.17) is 18.0 Å². The molecule has 0 aromatic heterocycles. The smallest absolute Gasteiger partial charge is 0.0648 e. The van der Waals surface area contributed by atoms with Crippen LogP contribution in [0.5, 0.6) is 0 Å². The second-order valence-electron chi connectivity index (χ2n) is 4.52. The molecule has 0 saturated carbocycles. The number of nitrogens with one attached hydrogen (secondary N) is 1. The summed E-state index contributed by atoms with van der Waals surface area (Å²) >= 11 is 8.49. The zero-order valence-corrected chi connectivity index (χ0v) is 13.0. The number of rotatable bonds is 3. The molecular weight excluding hydrogens is 359 g/mol. The van der Waals surface area contributed by atoms with E-state index < -0.39 is 0 Å². The number of hydrogen-bond acceptors (Lipinski definition) is 2. The van der Waals surface area contributed by atoms with Gasteiger partial charge in [0.05, 0.1) is 17.3 Å². The lowest BCUT2D eigenvalue weighted by molar-refractivity contribution is 0.243. The monoisotopic (exact) mass is 374 g/mol. The number of piperidine rings is 1. The zero-order valence-electron chi connectivity index (χ0n) is 10.1. The van der Waals surface area contributed by atoms with Gasteiger partial charge < -0.3 is 5.32 Å². The molecule has 1 heterocycles. The Hall–Kier alpha value is -0.440. The van der Waals surface area contributed by atoms with Crippen LogP contribution in [-0.4, -0.2) is 30.6 Å². The summed E-state index contributed by atoms with van der Waals surface area (Å²) in [6.07, 6.45) is 7.56. The molecule has 0 spiro atoms. The van der Waals surface area contributed by atoms with Gasteiger partial charge in [0.2, 0.25) is 0 Å². The maximum atomic E-state index is 6.22. The van der Waals surface area contributed by atoms with Crippen LogP contribution in [0.4, 0.5) is 5.69 Å². The molecule has 18 heavy (non-hydrogen) atoms. The van der Waals surface area contributed by atoms with Crippen LogP contribution in [0.3, 0.4) is 0 Å². The van der Waals surface area contributed by atoms with E-state index in [1.807, 2.05) is 6.07 Å². The van der Waals surface area contributed by atoms with Crippen molar-refractivity contribution in [1.29, 1.82) is 0 Å². The van der Waals surface area contributed by atoms with E-state index in [1.165, 1.54) is 0 Å². The molecule has 96 valence electrons. The topological polar surface area (TPSA) is 15.3 Å². The number of anilines is 1. The van der Waals surface area contributed by atoms with Gasteiger partial charge in [-0.1, -0.05) is 17.5 Å². The van der Waals surface area contributed by atoms with E-state index >= 15 is 0 Å². The Kier molecular flexibility index (Phi) is 5.16. The van der Waals surface area contributed by atoms with Gasteiger partial charge in [-0.3, -0.25) is 4.90 Å². The third kappa shape index (κ3) is 3.78. The third-order valence-corrected chi connectivity index (χ3v) is 4.18. The molecule has 0 bridgehead atoms. The van der Waals surface area contributed by atoms with Crippen molar-refractivity contribution in [2.45, 2.75) is 18.9 Å². The van der Waals surface area contributed by atoms with Gasteiger partial charge >= 0.3 is 0 Å². The molecule has 1 N–H and O–H groups in total. The largest absolute Gasteiger partial charge is 0.381 e. The predicted molar refractivity (Wildman–Crippen MR) is 86.1 cm³/mol. The molecular formula is C14H16ClIN2. The molecule has 2 nitrogen and oxygen atoms in total. The molecule has 0 amide bonds. The van der Waals surface area contributed by atoms with Crippen molar-refractivity contribution in [3.8, 4) is 12.3 Å². The van der Waals surface area contributed by atoms with Crippen LogP contribution in [0.1, 0.15) is 12.8 Å². The van der Waals surface area contributed by atoms with Gasteiger partial charge in [-0.05, 0) is 53.6 Å². The van der Waals surface area contributed by atoms with Crippen LogP contribution in [-0.2, 0) is 0 Å². The van der Waals surface area contributed by atoms with E-state index in [2.05, 4.69) is 50.9 Å². The molecule has 1 fully saturated rings. The van der Waals surface area contributed by atoms with E-state index in [-0.39, 0.29) is 0 Å². The second kappa shape index (κ2) is 6.65. The van der Waals surface area contributed by atoms with Crippen molar-refractivity contribution < 1.29 is 0 Å². The Morgan fingerprint density at radius 1 is 1.44 bits per heavy atom. The number of likely N-dealkylation sites (tertiary alicyclic amines) is 1. The summed E-state index contributed by atoms with van der Waals surface area (Å²) in [5.74, 6) is 2.70. The van der Waals surface area contributed by atoms with Gasteiger partial charge in [-0.15, -0.1) is 6.42 Å². The molecule has 1 aliphatic heterocycles. The number of hydrogen-bond donors (Lipinski definition) is 1. The number of benzene rings is 1. The lowest BCUT2D eigenvalue weighted by atomic mass is 10.0. The highest BCUT2D eigenvalue weighted by Gasteiger charge is 2.18. The van der Waals surface area contributed by atoms with Crippen LogP contribution < -0.4 is 5.32 Å². The first-order chi connectivity index (χ1) is 8.69. The molecule has 1 aliphatic rings. The molecule has 0 aliphatic carbocycles. The van der Waals surface area contributed by atoms with Crippen LogP contribution in [0.15, 0.2) is 18.2 Å². The van der Waals surface area contributed by atoms with E-state index in [1.54, 1.807) is 0 Å². The lowest BCUT2D eigenvalue weighted by Crippen LogP contribution is -2.39. The van der Waals surface area contributed by atoms with Crippen LogP contribution in [0, 0.1) is 15.9 Å². The van der Waals surface area contributed by atoms with Crippen molar-refractivity contribution in [1.82, 2.24) is 4.90 Å². The summed E-state index contributed by atoms with van der Waals surface area (Å²) in [4.78, 5) is 2.31. The summed E-state index contributed by atoms with van der Waals surface area (Å²) < 4.78 is 1.16. The highest BCUT2D eigenvalue weighted by Crippen LogP contribution is 2.26. The summed E-state index contributed by atoms with van der Waals surface area (Å²) in [6, 6.07) is 6.61. The lowest BCUT2D eigenvalue weighted by Gasteiger charge is -2.31. The molecule has 1 aromatic rings. The number of terminal acetylenes is 1. The standard InChI is InChI=1S/C14H16ClIN2/c1-2-7-18-8-5-12(6-9-18)17-14-4-3-11(16)10-13(14)15/h1,3-4,10,12,17H,5-9H2. The molecule has 2 rings (SSSR count). The minimum atomic E-state index is 0.497. The fourth-order valence-electron chi connectivity index (χ4n) is 2.19. The molecule has 1 saturated heterocycles. The number of nitrogens with zero attached hydrogens (tertiary/aromatic N) is 1. The Bertz CT molecular complexity index is 448. The normalized spacial score (nSPS) is 17.4. The Labute approximate surface area is 127 Å². The van der Waals surface area contributed by atoms with Crippen molar-refractivity contribution in [3.05, 3.63) is 26.8 Å². The molecule has 1 aromatic carbocycles. The van der Waals surface area contributed by atoms with Gasteiger partial charge in [0, 0.05) is 22.7 Å². The zero-order chi connectivity index (χ0) is 13.0. The van der Waals surface area contributed by atoms with E-state index in [0.29, 0.717) is 6.04 Å². The molecule has 4 heteroatoms. The Morgan fingerprint density at radius 2 is 2.17 bits per heavy atom. The average molecular weight is 375 g/mol. The maximum absolute atomic E-state index is 6.22. The van der Waals surface area contributed by atoms with Gasteiger partial charge in [-0.2, -0.15) is 0 Å². The average Bonchev–Trinajstić information content (AvgIpc) is 2.35. The third-order valence-electron chi connectivity index (χ3n) is 3.19. The fourth-order valence-corrected chi connectivity index (χ4v) is 3.10. The summed E-state index contributed by atoms with van der Waals surface area (Å²) in [6.45, 7) is 2.88. The first-order valence-corrected chi connectivity index (χ1v) is 7.52. The molecule has 0 unspecified atom stereocenters. The van der Waals surface area contributed by atoms with Gasteiger partial charge in [0.1, 0.15) is 0 Å². The minimum absolute atomic E-state index is 0.497. The summed E-state index contributed by atoms with van der Waals surface area (Å²) in [5.41, 5.74) is 1.03. The van der Waals surface area contributed by atoms with E-state index in [0.717, 1.165) is 46.8 Å². The minimum Gasteiger partial charge on any atom is -0.381 e. The maximum Gasteiger partial charge on any atom is 0.0648 e. The van der Waals surface area contributed by atoms with Crippen LogP contribution in [0.2, 0.25) is 5.02 Å². The second-order valence-corrected chi connectivity index (χ2v) is 6.18. The molecule has 0 atom stereocenters. The molecule has 0 radical (unpaired) electrons. The predicted octanol–water partition coefficient (Wildman–Crippen LogP) is 3.45. The first-order valence-electron chi connectivity index (χ1n) is 6.06. The number of halogens is 2. The van der Waals surface area contributed by atoms with Gasteiger partial charge in [0.25, 0.3) is 0 Å². The Morgan fingerprint density at radius 3 is 2.78 bits per heavy atom. The fraction of sp³-hybridized carbons (Fsp3) is 0.429. The Balaban J connectivity index is 1.90. The van der Waals surface area contributed by atoms with Gasteiger partial charge in [0.15, 0.2) is 0 Å². The summed E-state index contributed by atoms with van der Waals surface area (Å²) in [7, 11) is 0. The van der Waals surface area contributed by atoms with Crippen molar-refractivity contribution in [3.63, 3.8) is 0 Å². The van der Waals surface area contributed by atoms with Crippen molar-refractivity contribution >= 4 is 39.9 Å².